The Morgan fingerprint density at radius 1 is 1.42 bits per heavy atom. The van der Waals surface area contributed by atoms with Gasteiger partial charge in [0.05, 0.1) is 5.60 Å². The first-order chi connectivity index (χ1) is 8.92. The van der Waals surface area contributed by atoms with Crippen LogP contribution in [0.2, 0.25) is 0 Å². The number of hydrogen-bond donors (Lipinski definition) is 1. The predicted molar refractivity (Wildman–Crippen MR) is 79.8 cm³/mol. The fourth-order valence-corrected chi connectivity index (χ4v) is 2.01. The van der Waals surface area contributed by atoms with Crippen LogP contribution in [-0.4, -0.2) is 18.4 Å². The van der Waals surface area contributed by atoms with Gasteiger partial charge in [-0.1, -0.05) is 25.1 Å². The second-order valence-electron chi connectivity index (χ2n) is 5.04. The summed E-state index contributed by atoms with van der Waals surface area (Å²) in [5.41, 5.74) is 2.33. The summed E-state index contributed by atoms with van der Waals surface area (Å²) in [5.74, 6) is -0.257. The van der Waals surface area contributed by atoms with Crippen molar-refractivity contribution >= 4 is 23.2 Å². The molecule has 0 aliphatic heterocycles. The number of hydrogen-bond acceptors (Lipinski definition) is 2. The van der Waals surface area contributed by atoms with E-state index in [0.29, 0.717) is 6.61 Å². The second kappa shape index (κ2) is 6.92. The molecule has 1 aromatic rings. The number of aryl methyl sites for hydroxylation is 1. The highest BCUT2D eigenvalue weighted by Crippen LogP contribution is 2.33. The van der Waals surface area contributed by atoms with Gasteiger partial charge in [-0.3, -0.25) is 4.79 Å². The monoisotopic (exact) mass is 283 g/mol. The van der Waals surface area contributed by atoms with Crippen molar-refractivity contribution in [3.63, 3.8) is 0 Å². The molecule has 19 heavy (non-hydrogen) atoms. The number of para-hydroxylation sites is 1. The first-order valence-corrected chi connectivity index (χ1v) is 7.05. The third-order valence-corrected chi connectivity index (χ3v) is 3.22. The summed E-state index contributed by atoms with van der Waals surface area (Å²) in [6, 6.07) is 5.91. The van der Waals surface area contributed by atoms with E-state index < -0.39 is 5.60 Å². The molecule has 0 radical (unpaired) electrons. The third kappa shape index (κ3) is 4.22. The van der Waals surface area contributed by atoms with Gasteiger partial charge in [0.1, 0.15) is 5.88 Å². The maximum absolute atomic E-state index is 11.5. The summed E-state index contributed by atoms with van der Waals surface area (Å²) in [6.07, 6.45) is 0.957. The van der Waals surface area contributed by atoms with Crippen molar-refractivity contribution in [3.8, 4) is 0 Å². The molecule has 0 bridgehead atoms. The highest BCUT2D eigenvalue weighted by Gasteiger charge is 2.25. The summed E-state index contributed by atoms with van der Waals surface area (Å²) in [4.78, 5) is 11.5. The summed E-state index contributed by atoms with van der Waals surface area (Å²) in [7, 11) is 0. The zero-order chi connectivity index (χ0) is 14.5. The van der Waals surface area contributed by atoms with Crippen LogP contribution in [0.4, 0.5) is 5.69 Å². The summed E-state index contributed by atoms with van der Waals surface area (Å²) in [5, 5.41) is 2.86. The fourth-order valence-electron chi connectivity index (χ4n) is 1.94. The number of carbonyl (C=O) groups excluding carboxylic acids is 1. The van der Waals surface area contributed by atoms with Gasteiger partial charge in [0, 0.05) is 17.9 Å². The van der Waals surface area contributed by atoms with Crippen molar-refractivity contribution in [2.45, 2.75) is 39.7 Å². The van der Waals surface area contributed by atoms with Gasteiger partial charge in [-0.25, -0.2) is 0 Å². The lowest BCUT2D eigenvalue weighted by atomic mass is 9.93. The van der Waals surface area contributed by atoms with Gasteiger partial charge in [-0.15, -0.1) is 11.6 Å². The van der Waals surface area contributed by atoms with Crippen LogP contribution in [0, 0.1) is 6.92 Å². The molecule has 0 aliphatic carbocycles. The van der Waals surface area contributed by atoms with Gasteiger partial charge in [0.2, 0.25) is 5.91 Å². The maximum atomic E-state index is 11.5. The second-order valence-corrected chi connectivity index (χ2v) is 5.31. The largest absolute Gasteiger partial charge is 0.371 e. The topological polar surface area (TPSA) is 38.3 Å². The molecule has 1 aromatic carbocycles. The van der Waals surface area contributed by atoms with E-state index in [0.717, 1.165) is 23.2 Å². The number of alkyl halides is 1. The summed E-state index contributed by atoms with van der Waals surface area (Å²) < 4.78 is 5.89. The van der Waals surface area contributed by atoms with Crippen molar-refractivity contribution in [2.24, 2.45) is 0 Å². The van der Waals surface area contributed by atoms with E-state index in [2.05, 4.69) is 12.2 Å². The molecule has 0 spiro atoms. The number of anilines is 1. The molecule has 0 aromatic heterocycles. The molecule has 0 atom stereocenters. The molecule has 1 amide bonds. The lowest BCUT2D eigenvalue weighted by Gasteiger charge is -2.29. The van der Waals surface area contributed by atoms with Crippen LogP contribution in [-0.2, 0) is 15.1 Å². The summed E-state index contributed by atoms with van der Waals surface area (Å²) in [6.45, 7) is 8.73. The van der Waals surface area contributed by atoms with Crippen LogP contribution >= 0.6 is 11.6 Å². The van der Waals surface area contributed by atoms with E-state index in [9.17, 15) is 4.79 Å². The average Bonchev–Trinajstić information content (AvgIpc) is 2.38. The van der Waals surface area contributed by atoms with Gasteiger partial charge >= 0.3 is 0 Å². The molecule has 3 nitrogen and oxygen atoms in total. The Morgan fingerprint density at radius 3 is 2.68 bits per heavy atom. The summed E-state index contributed by atoms with van der Waals surface area (Å²) >= 11 is 5.56. The van der Waals surface area contributed by atoms with Crippen molar-refractivity contribution in [3.05, 3.63) is 29.3 Å². The third-order valence-electron chi connectivity index (χ3n) is 2.97. The minimum absolute atomic E-state index is 0.0516. The molecular weight excluding hydrogens is 262 g/mol. The number of nitrogens with one attached hydrogen (secondary N) is 1. The van der Waals surface area contributed by atoms with E-state index in [4.69, 9.17) is 16.3 Å². The van der Waals surface area contributed by atoms with Crippen LogP contribution in [0.15, 0.2) is 18.2 Å². The molecule has 0 saturated heterocycles. The van der Waals surface area contributed by atoms with Gasteiger partial charge < -0.3 is 10.1 Å². The number of carbonyl (C=O) groups is 1. The van der Waals surface area contributed by atoms with Crippen molar-refractivity contribution < 1.29 is 9.53 Å². The first kappa shape index (κ1) is 16.0. The highest BCUT2D eigenvalue weighted by atomic mass is 35.5. The Kier molecular flexibility index (Phi) is 5.83. The van der Waals surface area contributed by atoms with Crippen molar-refractivity contribution in [1.82, 2.24) is 0 Å². The minimum atomic E-state index is -0.447. The smallest absolute Gasteiger partial charge is 0.239 e. The van der Waals surface area contributed by atoms with Gasteiger partial charge in [-0.05, 0) is 32.8 Å². The molecule has 1 N–H and O–H groups in total. The average molecular weight is 284 g/mol. The molecule has 0 saturated carbocycles. The van der Waals surface area contributed by atoms with Crippen molar-refractivity contribution in [2.75, 3.05) is 17.8 Å². The van der Waals surface area contributed by atoms with E-state index in [1.807, 2.05) is 39.0 Å². The van der Waals surface area contributed by atoms with Crippen molar-refractivity contribution in [1.29, 1.82) is 0 Å². The SMILES string of the molecule is CCCOC(C)(C)c1cccc(C)c1NC(=O)CCl. The molecule has 0 fully saturated rings. The van der Waals surface area contributed by atoms with Gasteiger partial charge in [-0.2, -0.15) is 0 Å². The van der Waals surface area contributed by atoms with E-state index in [1.165, 1.54) is 0 Å². The molecule has 0 heterocycles. The molecule has 0 unspecified atom stereocenters. The van der Waals surface area contributed by atoms with Crippen LogP contribution in [0.1, 0.15) is 38.3 Å². The zero-order valence-electron chi connectivity index (χ0n) is 12.0. The fraction of sp³-hybridized carbons (Fsp3) is 0.533. The highest BCUT2D eigenvalue weighted by molar-refractivity contribution is 6.29. The molecule has 4 heteroatoms. The zero-order valence-corrected chi connectivity index (χ0v) is 12.8. The van der Waals surface area contributed by atoms with E-state index in [-0.39, 0.29) is 11.8 Å². The van der Waals surface area contributed by atoms with Crippen LogP contribution in [0.3, 0.4) is 0 Å². The molecular formula is C15H22ClNO2. The number of amides is 1. The lowest BCUT2D eigenvalue weighted by molar-refractivity contribution is -0.113. The normalized spacial score (nSPS) is 11.4. The molecule has 106 valence electrons. The number of ether oxygens (including phenoxy) is 1. The number of halogens is 1. The number of benzene rings is 1. The Morgan fingerprint density at radius 2 is 2.11 bits per heavy atom. The van der Waals surface area contributed by atoms with Crippen LogP contribution in [0.5, 0.6) is 0 Å². The standard InChI is InChI=1S/C15H22ClNO2/c1-5-9-19-15(3,4)12-8-6-7-11(2)14(12)17-13(18)10-16/h6-8H,5,9-10H2,1-4H3,(H,17,18). The van der Waals surface area contributed by atoms with Gasteiger partial charge in [0.25, 0.3) is 0 Å². The lowest BCUT2D eigenvalue weighted by Crippen LogP contribution is -2.25. The van der Waals surface area contributed by atoms with E-state index in [1.54, 1.807) is 0 Å². The van der Waals surface area contributed by atoms with Crippen LogP contribution < -0.4 is 5.32 Å². The number of rotatable bonds is 6. The Hall–Kier alpha value is -1.06. The Labute approximate surface area is 120 Å². The maximum Gasteiger partial charge on any atom is 0.239 e. The predicted octanol–water partition coefficient (Wildman–Crippen LogP) is 3.83. The quantitative estimate of drug-likeness (QED) is 0.806. The molecule has 0 aliphatic rings. The Bertz CT molecular complexity index is 444. The molecule has 1 rings (SSSR count). The van der Waals surface area contributed by atoms with Crippen LogP contribution in [0.25, 0.3) is 0 Å². The van der Waals surface area contributed by atoms with E-state index >= 15 is 0 Å². The first-order valence-electron chi connectivity index (χ1n) is 6.52. The minimum Gasteiger partial charge on any atom is -0.371 e. The van der Waals surface area contributed by atoms with Gasteiger partial charge in [0.15, 0.2) is 0 Å². The Balaban J connectivity index is 3.12.